The van der Waals surface area contributed by atoms with Crippen LogP contribution in [-0.2, 0) is 10.0 Å². The van der Waals surface area contributed by atoms with Crippen LogP contribution in [0.3, 0.4) is 0 Å². The van der Waals surface area contributed by atoms with Crippen LogP contribution in [0.2, 0.25) is 0 Å². The van der Waals surface area contributed by atoms with Crippen molar-refractivity contribution in [3.8, 4) is 0 Å². The molecular formula is C12H18N4O2S. The Morgan fingerprint density at radius 1 is 1.32 bits per heavy atom. The van der Waals surface area contributed by atoms with E-state index < -0.39 is 10.0 Å². The van der Waals surface area contributed by atoms with Gasteiger partial charge < -0.3 is 5.73 Å². The molecule has 19 heavy (non-hydrogen) atoms. The number of anilines is 1. The van der Waals surface area contributed by atoms with Gasteiger partial charge in [-0.1, -0.05) is 0 Å². The highest BCUT2D eigenvalue weighted by molar-refractivity contribution is 7.89. The largest absolute Gasteiger partial charge is 0.396 e. The summed E-state index contributed by atoms with van der Waals surface area (Å²) >= 11 is 0. The normalized spacial score (nSPS) is 25.4. The second-order valence-corrected chi connectivity index (χ2v) is 6.95. The monoisotopic (exact) mass is 282 g/mol. The Bertz CT molecular complexity index is 575. The molecule has 104 valence electrons. The maximum Gasteiger partial charge on any atom is 0.262 e. The fraction of sp³-hybridized carbons (Fsp3) is 0.583. The number of hydrogen-bond donors (Lipinski definition) is 1. The van der Waals surface area contributed by atoms with Gasteiger partial charge in [-0.05, 0) is 31.5 Å². The van der Waals surface area contributed by atoms with Crippen LogP contribution in [0.5, 0.6) is 0 Å². The first kappa shape index (κ1) is 12.8. The number of sulfonamides is 1. The molecule has 3 heterocycles. The molecule has 2 N–H and O–H groups in total. The molecule has 3 rings (SSSR count). The number of aromatic nitrogens is 1. The lowest BCUT2D eigenvalue weighted by atomic mass is 10.2. The van der Waals surface area contributed by atoms with Crippen molar-refractivity contribution in [2.24, 2.45) is 0 Å². The first-order valence-corrected chi connectivity index (χ1v) is 7.98. The Hall–Kier alpha value is -1.18. The summed E-state index contributed by atoms with van der Waals surface area (Å²) in [6.07, 6.45) is 3.70. The Morgan fingerprint density at radius 2 is 2.16 bits per heavy atom. The summed E-state index contributed by atoms with van der Waals surface area (Å²) < 4.78 is 26.6. The van der Waals surface area contributed by atoms with Crippen LogP contribution in [0.1, 0.15) is 12.8 Å². The highest BCUT2D eigenvalue weighted by Gasteiger charge is 2.37. The number of piperazine rings is 1. The van der Waals surface area contributed by atoms with Gasteiger partial charge in [-0.3, -0.25) is 4.90 Å². The number of hydrogen-bond acceptors (Lipinski definition) is 5. The third kappa shape index (κ3) is 2.22. The van der Waals surface area contributed by atoms with E-state index in [4.69, 9.17) is 5.73 Å². The Balaban J connectivity index is 1.87. The molecule has 0 saturated carbocycles. The van der Waals surface area contributed by atoms with E-state index in [0.29, 0.717) is 19.1 Å². The van der Waals surface area contributed by atoms with Crippen LogP contribution >= 0.6 is 0 Å². The Morgan fingerprint density at radius 3 is 2.95 bits per heavy atom. The van der Waals surface area contributed by atoms with Crippen molar-refractivity contribution in [2.75, 3.05) is 31.9 Å². The first-order chi connectivity index (χ1) is 9.09. The summed E-state index contributed by atoms with van der Waals surface area (Å²) in [6.45, 7) is 2.97. The smallest absolute Gasteiger partial charge is 0.262 e. The van der Waals surface area contributed by atoms with Crippen molar-refractivity contribution >= 4 is 15.7 Å². The van der Waals surface area contributed by atoms with E-state index in [2.05, 4.69) is 9.88 Å². The molecule has 1 atom stereocenters. The maximum atomic E-state index is 12.6. The Labute approximate surface area is 113 Å². The molecule has 0 aliphatic carbocycles. The summed E-state index contributed by atoms with van der Waals surface area (Å²) in [7, 11) is -3.56. The topological polar surface area (TPSA) is 79.5 Å². The molecule has 2 saturated heterocycles. The fourth-order valence-electron chi connectivity index (χ4n) is 2.92. The minimum absolute atomic E-state index is 0.0125. The predicted molar refractivity (Wildman–Crippen MR) is 72.0 cm³/mol. The SMILES string of the molecule is Nc1cccnc1S(=O)(=O)N1CCN2CCCC2C1. The molecule has 2 fully saturated rings. The zero-order valence-corrected chi connectivity index (χ0v) is 11.5. The minimum atomic E-state index is -3.56. The lowest BCUT2D eigenvalue weighted by Gasteiger charge is -2.36. The minimum Gasteiger partial charge on any atom is -0.396 e. The van der Waals surface area contributed by atoms with E-state index in [1.54, 1.807) is 12.1 Å². The zero-order chi connectivity index (χ0) is 13.5. The third-order valence-electron chi connectivity index (χ3n) is 3.93. The van der Waals surface area contributed by atoms with Crippen molar-refractivity contribution in [1.82, 2.24) is 14.2 Å². The first-order valence-electron chi connectivity index (χ1n) is 6.54. The summed E-state index contributed by atoms with van der Waals surface area (Å²) in [5.74, 6) is 0. The van der Waals surface area contributed by atoms with Gasteiger partial charge in [0.1, 0.15) is 0 Å². The highest BCUT2D eigenvalue weighted by atomic mass is 32.2. The summed E-state index contributed by atoms with van der Waals surface area (Å²) in [5, 5.41) is -0.0125. The zero-order valence-electron chi connectivity index (χ0n) is 10.7. The molecule has 1 aromatic heterocycles. The number of fused-ring (bicyclic) bond motifs is 1. The molecule has 0 bridgehead atoms. The average molecular weight is 282 g/mol. The molecule has 2 aliphatic rings. The molecule has 7 heteroatoms. The van der Waals surface area contributed by atoms with Crippen LogP contribution in [0.4, 0.5) is 5.69 Å². The van der Waals surface area contributed by atoms with Crippen LogP contribution < -0.4 is 5.73 Å². The van der Waals surface area contributed by atoms with Crippen molar-refractivity contribution in [3.63, 3.8) is 0 Å². The lowest BCUT2D eigenvalue weighted by Crippen LogP contribution is -2.52. The van der Waals surface area contributed by atoms with Crippen LogP contribution in [0, 0.1) is 0 Å². The molecule has 6 nitrogen and oxygen atoms in total. The van der Waals surface area contributed by atoms with Gasteiger partial charge in [0, 0.05) is 31.9 Å². The number of nitrogens with two attached hydrogens (primary N) is 1. The van der Waals surface area contributed by atoms with Gasteiger partial charge in [0.2, 0.25) is 0 Å². The van der Waals surface area contributed by atoms with Gasteiger partial charge in [0.15, 0.2) is 5.03 Å². The van der Waals surface area contributed by atoms with Gasteiger partial charge in [0.25, 0.3) is 10.0 Å². The summed E-state index contributed by atoms with van der Waals surface area (Å²) in [6, 6.07) is 3.57. The number of nitrogen functional groups attached to an aromatic ring is 1. The average Bonchev–Trinajstić information content (AvgIpc) is 2.86. The maximum absolute atomic E-state index is 12.6. The van der Waals surface area contributed by atoms with Crippen LogP contribution in [0.15, 0.2) is 23.4 Å². The molecular weight excluding hydrogens is 264 g/mol. The molecule has 0 spiro atoms. The van der Waals surface area contributed by atoms with E-state index in [1.807, 2.05) is 0 Å². The summed E-state index contributed by atoms with van der Waals surface area (Å²) in [5.41, 5.74) is 5.96. The number of nitrogens with zero attached hydrogens (tertiary/aromatic N) is 3. The van der Waals surface area contributed by atoms with E-state index in [1.165, 1.54) is 10.5 Å². The van der Waals surface area contributed by atoms with Crippen molar-refractivity contribution in [1.29, 1.82) is 0 Å². The van der Waals surface area contributed by atoms with Crippen molar-refractivity contribution in [2.45, 2.75) is 23.9 Å². The lowest BCUT2D eigenvalue weighted by molar-refractivity contribution is 0.158. The molecule has 1 aromatic rings. The van der Waals surface area contributed by atoms with E-state index in [9.17, 15) is 8.42 Å². The van der Waals surface area contributed by atoms with Gasteiger partial charge in [-0.15, -0.1) is 0 Å². The second-order valence-electron chi connectivity index (χ2n) is 5.09. The van der Waals surface area contributed by atoms with Crippen LogP contribution in [-0.4, -0.2) is 54.8 Å². The molecule has 1 unspecified atom stereocenters. The van der Waals surface area contributed by atoms with Gasteiger partial charge in [-0.2, -0.15) is 4.31 Å². The Kier molecular flexibility index (Phi) is 3.20. The van der Waals surface area contributed by atoms with Gasteiger partial charge in [0.05, 0.1) is 5.69 Å². The molecule has 2 aliphatic heterocycles. The summed E-state index contributed by atoms with van der Waals surface area (Å²) in [4.78, 5) is 6.31. The quantitative estimate of drug-likeness (QED) is 0.834. The predicted octanol–water partition coefficient (Wildman–Crippen LogP) is 0.132. The third-order valence-corrected chi connectivity index (χ3v) is 5.78. The van der Waals surface area contributed by atoms with E-state index in [0.717, 1.165) is 25.9 Å². The second kappa shape index (κ2) is 4.73. The fourth-order valence-corrected chi connectivity index (χ4v) is 4.42. The number of pyridine rings is 1. The highest BCUT2D eigenvalue weighted by Crippen LogP contribution is 2.26. The van der Waals surface area contributed by atoms with Crippen LogP contribution in [0.25, 0.3) is 0 Å². The standard InChI is InChI=1S/C12H18N4O2S/c13-11-4-1-5-14-12(11)19(17,18)16-8-7-15-6-2-3-10(15)9-16/h1,4-5,10H,2-3,6-9,13H2. The van der Waals surface area contributed by atoms with E-state index in [-0.39, 0.29) is 10.7 Å². The number of rotatable bonds is 2. The molecule has 0 aromatic carbocycles. The van der Waals surface area contributed by atoms with Crippen molar-refractivity contribution < 1.29 is 8.42 Å². The van der Waals surface area contributed by atoms with Gasteiger partial charge >= 0.3 is 0 Å². The molecule has 0 amide bonds. The molecule has 0 radical (unpaired) electrons. The van der Waals surface area contributed by atoms with E-state index >= 15 is 0 Å². The van der Waals surface area contributed by atoms with Crippen molar-refractivity contribution in [3.05, 3.63) is 18.3 Å². The van der Waals surface area contributed by atoms with Gasteiger partial charge in [-0.25, -0.2) is 13.4 Å².